The Kier molecular flexibility index (Phi) is 2.64. The number of benzene rings is 1. The quantitative estimate of drug-likeness (QED) is 0.776. The third-order valence-electron chi connectivity index (χ3n) is 2.74. The summed E-state index contributed by atoms with van der Waals surface area (Å²) in [5, 5.41) is 9.54. The molecule has 0 saturated carbocycles. The summed E-state index contributed by atoms with van der Waals surface area (Å²) in [4.78, 5) is 13.0. The van der Waals surface area contributed by atoms with Crippen LogP contribution in [0.4, 0.5) is 10.1 Å². The van der Waals surface area contributed by atoms with E-state index in [4.69, 9.17) is 0 Å². The molecular weight excluding hydrogens is 209 g/mol. The van der Waals surface area contributed by atoms with Crippen LogP contribution in [-0.2, 0) is 4.79 Å². The highest BCUT2D eigenvalue weighted by Gasteiger charge is 2.30. The maximum absolute atomic E-state index is 13.1. The van der Waals surface area contributed by atoms with Crippen LogP contribution in [0, 0.1) is 11.7 Å². The Morgan fingerprint density at radius 3 is 2.94 bits per heavy atom. The Labute approximate surface area is 92.8 Å². The lowest BCUT2D eigenvalue weighted by Gasteiger charge is -2.17. The minimum atomic E-state index is -0.715. The maximum Gasteiger partial charge on any atom is 0.227 e. The molecule has 1 aliphatic heterocycles. The SMILES string of the molecule is C=CC1CC(=O)N(c2cccc(F)c2O)C1. The van der Waals surface area contributed by atoms with Crippen molar-refractivity contribution in [3.63, 3.8) is 0 Å². The largest absolute Gasteiger partial charge is 0.503 e. The second-order valence-electron chi connectivity index (χ2n) is 3.81. The molecule has 3 nitrogen and oxygen atoms in total. The van der Waals surface area contributed by atoms with Crippen molar-refractivity contribution in [2.24, 2.45) is 5.92 Å². The molecule has 1 aromatic carbocycles. The summed E-state index contributed by atoms with van der Waals surface area (Å²) in [6, 6.07) is 4.16. The minimum Gasteiger partial charge on any atom is -0.503 e. The fourth-order valence-corrected chi connectivity index (χ4v) is 1.85. The summed E-state index contributed by atoms with van der Waals surface area (Å²) < 4.78 is 13.1. The van der Waals surface area contributed by atoms with Gasteiger partial charge in [0.05, 0.1) is 5.69 Å². The molecule has 1 atom stereocenters. The van der Waals surface area contributed by atoms with Crippen molar-refractivity contribution >= 4 is 11.6 Å². The standard InChI is InChI=1S/C12H12FNO2/c1-2-8-6-11(15)14(7-8)10-5-3-4-9(13)12(10)16/h2-5,8,16H,1,6-7H2. The highest BCUT2D eigenvalue weighted by atomic mass is 19.1. The van der Waals surface area contributed by atoms with E-state index in [0.717, 1.165) is 6.07 Å². The average molecular weight is 221 g/mol. The molecule has 1 aromatic rings. The second-order valence-corrected chi connectivity index (χ2v) is 3.81. The van der Waals surface area contributed by atoms with Gasteiger partial charge < -0.3 is 10.0 Å². The summed E-state index contributed by atoms with van der Waals surface area (Å²) in [7, 11) is 0. The topological polar surface area (TPSA) is 40.5 Å². The molecule has 0 radical (unpaired) electrons. The molecular formula is C12H12FNO2. The highest BCUT2D eigenvalue weighted by Crippen LogP contribution is 2.34. The maximum atomic E-state index is 13.1. The van der Waals surface area contributed by atoms with Gasteiger partial charge in [0.15, 0.2) is 11.6 Å². The second kappa shape index (κ2) is 3.96. The zero-order valence-electron chi connectivity index (χ0n) is 8.69. The molecule has 0 aliphatic carbocycles. The Morgan fingerprint density at radius 2 is 2.31 bits per heavy atom. The predicted molar refractivity (Wildman–Crippen MR) is 58.7 cm³/mol. The van der Waals surface area contributed by atoms with Crippen molar-refractivity contribution < 1.29 is 14.3 Å². The molecule has 2 rings (SSSR count). The van der Waals surface area contributed by atoms with Crippen LogP contribution in [0.1, 0.15) is 6.42 Å². The van der Waals surface area contributed by atoms with Crippen LogP contribution >= 0.6 is 0 Å². The average Bonchev–Trinajstić information content (AvgIpc) is 2.64. The van der Waals surface area contributed by atoms with Crippen LogP contribution in [-0.4, -0.2) is 17.6 Å². The molecule has 1 N–H and O–H groups in total. The van der Waals surface area contributed by atoms with E-state index in [1.165, 1.54) is 17.0 Å². The van der Waals surface area contributed by atoms with Crippen LogP contribution in [0.5, 0.6) is 5.75 Å². The number of para-hydroxylation sites is 1. The summed E-state index contributed by atoms with van der Waals surface area (Å²) >= 11 is 0. The number of hydrogen-bond donors (Lipinski definition) is 1. The number of aromatic hydroxyl groups is 1. The number of carbonyl (C=O) groups excluding carboxylic acids is 1. The van der Waals surface area contributed by atoms with Gasteiger partial charge in [0.25, 0.3) is 0 Å². The van der Waals surface area contributed by atoms with Gasteiger partial charge in [-0.1, -0.05) is 12.1 Å². The van der Waals surface area contributed by atoms with E-state index in [-0.39, 0.29) is 17.5 Å². The summed E-state index contributed by atoms with van der Waals surface area (Å²) in [5.74, 6) is -1.24. The fraction of sp³-hybridized carbons (Fsp3) is 0.250. The molecule has 0 bridgehead atoms. The number of rotatable bonds is 2. The normalized spacial score (nSPS) is 20.2. The number of nitrogens with zero attached hydrogens (tertiary/aromatic N) is 1. The Morgan fingerprint density at radius 1 is 1.56 bits per heavy atom. The lowest BCUT2D eigenvalue weighted by atomic mass is 10.1. The number of amides is 1. The van der Waals surface area contributed by atoms with Crippen molar-refractivity contribution in [2.45, 2.75) is 6.42 Å². The zero-order chi connectivity index (χ0) is 11.7. The van der Waals surface area contributed by atoms with Crippen LogP contribution in [0.2, 0.25) is 0 Å². The van der Waals surface area contributed by atoms with E-state index in [2.05, 4.69) is 6.58 Å². The fourth-order valence-electron chi connectivity index (χ4n) is 1.85. The molecule has 1 unspecified atom stereocenters. The van der Waals surface area contributed by atoms with Gasteiger partial charge in [-0.05, 0) is 12.1 Å². The van der Waals surface area contributed by atoms with Gasteiger partial charge >= 0.3 is 0 Å². The predicted octanol–water partition coefficient (Wildman–Crippen LogP) is 2.07. The van der Waals surface area contributed by atoms with E-state index in [9.17, 15) is 14.3 Å². The first-order chi connectivity index (χ1) is 7.63. The number of hydrogen-bond acceptors (Lipinski definition) is 2. The number of carbonyl (C=O) groups is 1. The molecule has 4 heteroatoms. The van der Waals surface area contributed by atoms with E-state index in [1.807, 2.05) is 0 Å². The lowest BCUT2D eigenvalue weighted by molar-refractivity contribution is -0.117. The molecule has 16 heavy (non-hydrogen) atoms. The number of phenols is 1. The van der Waals surface area contributed by atoms with Crippen molar-refractivity contribution in [3.8, 4) is 5.75 Å². The van der Waals surface area contributed by atoms with Gasteiger partial charge in [-0.2, -0.15) is 0 Å². The Bertz CT molecular complexity index is 445. The molecule has 1 fully saturated rings. The molecule has 1 heterocycles. The van der Waals surface area contributed by atoms with Gasteiger partial charge in [0, 0.05) is 18.9 Å². The van der Waals surface area contributed by atoms with Gasteiger partial charge in [-0.3, -0.25) is 4.79 Å². The first-order valence-corrected chi connectivity index (χ1v) is 5.04. The van der Waals surface area contributed by atoms with Crippen molar-refractivity contribution in [3.05, 3.63) is 36.7 Å². The van der Waals surface area contributed by atoms with Crippen LogP contribution in [0.3, 0.4) is 0 Å². The monoisotopic (exact) mass is 221 g/mol. The van der Waals surface area contributed by atoms with E-state index < -0.39 is 11.6 Å². The molecule has 1 aliphatic rings. The van der Waals surface area contributed by atoms with Gasteiger partial charge in [0.1, 0.15) is 0 Å². The smallest absolute Gasteiger partial charge is 0.227 e. The third kappa shape index (κ3) is 1.66. The molecule has 0 aromatic heterocycles. The number of halogens is 1. The molecule has 0 spiro atoms. The lowest BCUT2D eigenvalue weighted by Crippen LogP contribution is -2.24. The summed E-state index contributed by atoms with van der Waals surface area (Å²) in [6.45, 7) is 4.07. The van der Waals surface area contributed by atoms with Crippen molar-refractivity contribution in [1.82, 2.24) is 0 Å². The Balaban J connectivity index is 2.35. The molecule has 84 valence electrons. The molecule has 1 saturated heterocycles. The first-order valence-electron chi connectivity index (χ1n) is 5.04. The van der Waals surface area contributed by atoms with Gasteiger partial charge in [0.2, 0.25) is 5.91 Å². The van der Waals surface area contributed by atoms with Crippen molar-refractivity contribution in [2.75, 3.05) is 11.4 Å². The molecule has 1 amide bonds. The number of anilines is 1. The van der Waals surface area contributed by atoms with E-state index >= 15 is 0 Å². The zero-order valence-corrected chi connectivity index (χ0v) is 8.69. The van der Waals surface area contributed by atoms with Crippen LogP contribution in [0.25, 0.3) is 0 Å². The van der Waals surface area contributed by atoms with Gasteiger partial charge in [-0.25, -0.2) is 4.39 Å². The Hall–Kier alpha value is -1.84. The summed E-state index contributed by atoms with van der Waals surface area (Å²) in [6.07, 6.45) is 2.06. The van der Waals surface area contributed by atoms with E-state index in [0.29, 0.717) is 13.0 Å². The van der Waals surface area contributed by atoms with Gasteiger partial charge in [-0.15, -0.1) is 6.58 Å². The van der Waals surface area contributed by atoms with Crippen LogP contribution in [0.15, 0.2) is 30.9 Å². The highest BCUT2D eigenvalue weighted by molar-refractivity contribution is 5.97. The van der Waals surface area contributed by atoms with Crippen LogP contribution < -0.4 is 4.90 Å². The first kappa shape index (κ1) is 10.7. The number of phenolic OH excluding ortho intramolecular Hbond substituents is 1. The summed E-state index contributed by atoms with van der Waals surface area (Å²) in [5.41, 5.74) is 0.231. The minimum absolute atomic E-state index is 0.0650. The third-order valence-corrected chi connectivity index (χ3v) is 2.74. The van der Waals surface area contributed by atoms with Crippen molar-refractivity contribution in [1.29, 1.82) is 0 Å². The van der Waals surface area contributed by atoms with E-state index in [1.54, 1.807) is 6.08 Å².